The van der Waals surface area contributed by atoms with Crippen molar-refractivity contribution in [3.63, 3.8) is 0 Å². The van der Waals surface area contributed by atoms with E-state index in [0.717, 1.165) is 0 Å². The molecule has 0 radical (unpaired) electrons. The first-order chi connectivity index (χ1) is 12.4. The number of carbonyl (C=O) groups is 4. The van der Waals surface area contributed by atoms with E-state index in [0.29, 0.717) is 11.1 Å². The van der Waals surface area contributed by atoms with E-state index in [-0.39, 0.29) is 11.3 Å². The monoisotopic (exact) mass is 354 g/mol. The predicted octanol–water partition coefficient (Wildman–Crippen LogP) is 1.92. The zero-order chi connectivity index (χ0) is 19.1. The first-order valence-corrected chi connectivity index (χ1v) is 7.85. The normalized spacial score (nSPS) is 11.2. The fourth-order valence-corrected chi connectivity index (χ4v) is 2.07. The Labute approximate surface area is 150 Å². The van der Waals surface area contributed by atoms with Crippen molar-refractivity contribution in [3.8, 4) is 0 Å². The van der Waals surface area contributed by atoms with E-state index in [1.54, 1.807) is 24.3 Å². The minimum Gasteiger partial charge on any atom is -0.449 e. The van der Waals surface area contributed by atoms with Crippen molar-refractivity contribution >= 4 is 23.7 Å². The minimum absolute atomic E-state index is 0.163. The van der Waals surface area contributed by atoms with Gasteiger partial charge in [-0.15, -0.1) is 0 Å². The van der Waals surface area contributed by atoms with E-state index in [1.165, 1.54) is 38.2 Å². The standard InChI is InChI=1S/C19H18N2O5/c1-12(17(23)21-19(25)20-2)26-18(24)15-10-8-14(9-11-15)16(22)13-6-4-3-5-7-13/h3-12H,1-2H3,(H2,20,21,23,25). The maximum absolute atomic E-state index is 12.3. The van der Waals surface area contributed by atoms with Gasteiger partial charge in [-0.1, -0.05) is 42.5 Å². The summed E-state index contributed by atoms with van der Waals surface area (Å²) < 4.78 is 5.01. The van der Waals surface area contributed by atoms with Crippen LogP contribution >= 0.6 is 0 Å². The first kappa shape index (κ1) is 18.9. The van der Waals surface area contributed by atoms with Crippen LogP contribution in [-0.2, 0) is 9.53 Å². The average molecular weight is 354 g/mol. The number of hydrogen-bond acceptors (Lipinski definition) is 5. The second kappa shape index (κ2) is 8.57. The number of rotatable bonds is 5. The number of nitrogens with one attached hydrogen (secondary N) is 2. The van der Waals surface area contributed by atoms with Crippen LogP contribution in [0.25, 0.3) is 0 Å². The number of ether oxygens (including phenoxy) is 1. The highest BCUT2D eigenvalue weighted by Gasteiger charge is 2.20. The lowest BCUT2D eigenvalue weighted by molar-refractivity contribution is -0.127. The van der Waals surface area contributed by atoms with Crippen molar-refractivity contribution in [1.82, 2.24) is 10.6 Å². The summed E-state index contributed by atoms with van der Waals surface area (Å²) >= 11 is 0. The molecule has 0 saturated carbocycles. The SMILES string of the molecule is CNC(=O)NC(=O)C(C)OC(=O)c1ccc(C(=O)c2ccccc2)cc1. The molecule has 2 aromatic carbocycles. The van der Waals surface area contributed by atoms with Crippen LogP contribution in [0.15, 0.2) is 54.6 Å². The van der Waals surface area contributed by atoms with Gasteiger partial charge in [0.2, 0.25) is 0 Å². The van der Waals surface area contributed by atoms with Crippen LogP contribution in [0, 0.1) is 0 Å². The molecule has 0 aromatic heterocycles. The molecule has 0 heterocycles. The molecule has 0 aliphatic rings. The lowest BCUT2D eigenvalue weighted by Crippen LogP contribution is -2.43. The highest BCUT2D eigenvalue weighted by atomic mass is 16.5. The number of imide groups is 1. The molecule has 0 aliphatic heterocycles. The van der Waals surface area contributed by atoms with E-state index < -0.39 is 24.0 Å². The smallest absolute Gasteiger partial charge is 0.338 e. The van der Waals surface area contributed by atoms with Gasteiger partial charge in [-0.05, 0) is 19.1 Å². The van der Waals surface area contributed by atoms with E-state index in [2.05, 4.69) is 5.32 Å². The summed E-state index contributed by atoms with van der Waals surface area (Å²) in [4.78, 5) is 47.2. The molecule has 0 spiro atoms. The van der Waals surface area contributed by atoms with Crippen molar-refractivity contribution in [2.45, 2.75) is 13.0 Å². The van der Waals surface area contributed by atoms with Gasteiger partial charge in [0.15, 0.2) is 11.9 Å². The number of urea groups is 1. The number of ketones is 1. The van der Waals surface area contributed by atoms with Crippen molar-refractivity contribution in [2.24, 2.45) is 0 Å². The molecule has 1 atom stereocenters. The lowest BCUT2D eigenvalue weighted by Gasteiger charge is -2.12. The fraction of sp³-hybridized carbons (Fsp3) is 0.158. The lowest BCUT2D eigenvalue weighted by atomic mass is 10.0. The second-order valence-electron chi connectivity index (χ2n) is 5.39. The van der Waals surface area contributed by atoms with Crippen LogP contribution in [0.1, 0.15) is 33.2 Å². The van der Waals surface area contributed by atoms with Gasteiger partial charge in [0, 0.05) is 18.2 Å². The van der Waals surface area contributed by atoms with Gasteiger partial charge in [-0.25, -0.2) is 9.59 Å². The molecule has 1 unspecified atom stereocenters. The molecule has 134 valence electrons. The molecular formula is C19H18N2O5. The molecule has 0 bridgehead atoms. The summed E-state index contributed by atoms with van der Waals surface area (Å²) in [7, 11) is 1.36. The molecular weight excluding hydrogens is 336 g/mol. The Bertz CT molecular complexity index is 816. The van der Waals surface area contributed by atoms with Crippen molar-refractivity contribution in [2.75, 3.05) is 7.05 Å². The Morgan fingerprint density at radius 3 is 1.96 bits per heavy atom. The average Bonchev–Trinajstić information content (AvgIpc) is 2.67. The van der Waals surface area contributed by atoms with Crippen LogP contribution in [0.3, 0.4) is 0 Å². The summed E-state index contributed by atoms with van der Waals surface area (Å²) in [5.41, 5.74) is 1.16. The van der Waals surface area contributed by atoms with Crippen LogP contribution in [0.2, 0.25) is 0 Å². The molecule has 7 nitrogen and oxygen atoms in total. The third-order valence-corrected chi connectivity index (χ3v) is 3.54. The molecule has 26 heavy (non-hydrogen) atoms. The number of benzene rings is 2. The zero-order valence-corrected chi connectivity index (χ0v) is 14.3. The van der Waals surface area contributed by atoms with E-state index >= 15 is 0 Å². The van der Waals surface area contributed by atoms with Gasteiger partial charge in [-0.2, -0.15) is 0 Å². The largest absolute Gasteiger partial charge is 0.449 e. The molecule has 2 aromatic rings. The van der Waals surface area contributed by atoms with E-state index in [4.69, 9.17) is 4.74 Å². The Balaban J connectivity index is 2.01. The first-order valence-electron chi connectivity index (χ1n) is 7.85. The Morgan fingerprint density at radius 1 is 0.846 bits per heavy atom. The highest BCUT2D eigenvalue weighted by Crippen LogP contribution is 2.12. The number of carbonyl (C=O) groups excluding carboxylic acids is 4. The van der Waals surface area contributed by atoms with Crippen LogP contribution in [0.5, 0.6) is 0 Å². The van der Waals surface area contributed by atoms with E-state index in [1.807, 2.05) is 11.4 Å². The van der Waals surface area contributed by atoms with Crippen molar-refractivity contribution in [1.29, 1.82) is 0 Å². The molecule has 2 rings (SSSR count). The third kappa shape index (κ3) is 4.76. The molecule has 7 heteroatoms. The molecule has 3 amide bonds. The van der Waals surface area contributed by atoms with Crippen LogP contribution in [0.4, 0.5) is 4.79 Å². The third-order valence-electron chi connectivity index (χ3n) is 3.54. The number of amides is 3. The zero-order valence-electron chi connectivity index (χ0n) is 14.3. The van der Waals surface area contributed by atoms with Crippen molar-refractivity contribution in [3.05, 3.63) is 71.3 Å². The molecule has 0 aliphatic carbocycles. The van der Waals surface area contributed by atoms with Gasteiger partial charge in [0.1, 0.15) is 0 Å². The maximum Gasteiger partial charge on any atom is 0.338 e. The van der Waals surface area contributed by atoms with Gasteiger partial charge in [0.25, 0.3) is 5.91 Å². The predicted molar refractivity (Wildman–Crippen MR) is 93.8 cm³/mol. The Morgan fingerprint density at radius 2 is 1.38 bits per heavy atom. The van der Waals surface area contributed by atoms with Gasteiger partial charge >= 0.3 is 12.0 Å². The molecule has 0 fully saturated rings. The summed E-state index contributed by atoms with van der Waals surface area (Å²) in [6, 6.07) is 14.0. The fourth-order valence-electron chi connectivity index (χ4n) is 2.07. The van der Waals surface area contributed by atoms with Gasteiger partial charge in [-0.3, -0.25) is 14.9 Å². The van der Waals surface area contributed by atoms with Crippen LogP contribution in [-0.4, -0.2) is 36.8 Å². The number of esters is 1. The van der Waals surface area contributed by atoms with Crippen molar-refractivity contribution < 1.29 is 23.9 Å². The van der Waals surface area contributed by atoms with Crippen LogP contribution < -0.4 is 10.6 Å². The highest BCUT2D eigenvalue weighted by molar-refractivity contribution is 6.09. The topological polar surface area (TPSA) is 102 Å². The summed E-state index contributed by atoms with van der Waals surface area (Å²) in [5, 5.41) is 4.24. The summed E-state index contributed by atoms with van der Waals surface area (Å²) in [5.74, 6) is -1.64. The quantitative estimate of drug-likeness (QED) is 0.631. The van der Waals surface area contributed by atoms with Gasteiger partial charge < -0.3 is 10.1 Å². The number of hydrogen-bond donors (Lipinski definition) is 2. The second-order valence-corrected chi connectivity index (χ2v) is 5.39. The maximum atomic E-state index is 12.3. The summed E-state index contributed by atoms with van der Waals surface area (Å²) in [6.45, 7) is 1.35. The Hall–Kier alpha value is -3.48. The minimum atomic E-state index is -1.15. The molecule has 0 saturated heterocycles. The van der Waals surface area contributed by atoms with E-state index in [9.17, 15) is 19.2 Å². The Kier molecular flexibility index (Phi) is 6.21. The summed E-state index contributed by atoms with van der Waals surface area (Å²) in [6.07, 6.45) is -1.15. The van der Waals surface area contributed by atoms with Gasteiger partial charge in [0.05, 0.1) is 5.56 Å². The molecule has 2 N–H and O–H groups in total.